The molecule has 0 spiro atoms. The van der Waals surface area contributed by atoms with Crippen LogP contribution in [0.2, 0.25) is 0 Å². The second-order valence-corrected chi connectivity index (χ2v) is 7.35. The van der Waals surface area contributed by atoms with Gasteiger partial charge in [0.05, 0.1) is 0 Å². The molecule has 26 heavy (non-hydrogen) atoms. The van der Waals surface area contributed by atoms with Gasteiger partial charge in [0.25, 0.3) is 0 Å². The Kier molecular flexibility index (Phi) is 17.4. The summed E-state index contributed by atoms with van der Waals surface area (Å²) in [5, 5.41) is 11.5. The molecule has 0 aromatic carbocycles. The maximum Gasteiger partial charge on any atom is 0.303 e. The zero-order valence-corrected chi connectivity index (χ0v) is 16.6. The Morgan fingerprint density at radius 1 is 0.808 bits per heavy atom. The van der Waals surface area contributed by atoms with Gasteiger partial charge in [0.2, 0.25) is 5.91 Å². The first-order valence-electron chi connectivity index (χ1n) is 10.5. The molecule has 0 unspecified atom stereocenters. The lowest BCUT2D eigenvalue weighted by Gasteiger charge is -2.12. The van der Waals surface area contributed by atoms with E-state index in [9.17, 15) is 14.4 Å². The van der Waals surface area contributed by atoms with E-state index in [1.54, 1.807) is 0 Å². The third-order valence-corrected chi connectivity index (χ3v) is 4.67. The molecule has 0 aliphatic heterocycles. The Morgan fingerprint density at radius 2 is 1.23 bits per heavy atom. The average Bonchev–Trinajstić information content (AvgIpc) is 2.59. The second-order valence-electron chi connectivity index (χ2n) is 7.35. The van der Waals surface area contributed by atoms with Crippen molar-refractivity contribution in [3.05, 3.63) is 0 Å². The van der Waals surface area contributed by atoms with E-state index in [0.29, 0.717) is 19.3 Å². The predicted molar refractivity (Wildman–Crippen MR) is 105 cm³/mol. The first-order chi connectivity index (χ1) is 12.6. The number of carbonyl (C=O) groups is 3. The van der Waals surface area contributed by atoms with E-state index in [4.69, 9.17) is 5.11 Å². The van der Waals surface area contributed by atoms with Gasteiger partial charge in [-0.25, -0.2) is 0 Å². The summed E-state index contributed by atoms with van der Waals surface area (Å²) in [6, 6.07) is 0.0878. The van der Waals surface area contributed by atoms with Crippen LogP contribution < -0.4 is 5.32 Å². The first kappa shape index (κ1) is 24.6. The molecular weight excluding hydrogens is 330 g/mol. The van der Waals surface area contributed by atoms with Crippen molar-refractivity contribution in [3.8, 4) is 0 Å². The summed E-state index contributed by atoms with van der Waals surface area (Å²) in [5.74, 6) is -0.582. The number of carbonyl (C=O) groups excluding carboxylic acids is 2. The number of carboxylic acid groups (broad SMARTS) is 1. The molecule has 0 aromatic heterocycles. The third-order valence-electron chi connectivity index (χ3n) is 4.67. The number of nitrogens with one attached hydrogen (secondary N) is 1. The van der Waals surface area contributed by atoms with Crippen molar-refractivity contribution >= 4 is 18.2 Å². The SMILES string of the molecule is C[C@@H](CCC=O)NC(=O)CCCCCCCCCCCCCCC(=O)O. The molecular formula is C21H39NO4. The monoisotopic (exact) mass is 369 g/mol. The van der Waals surface area contributed by atoms with E-state index in [2.05, 4.69) is 5.32 Å². The van der Waals surface area contributed by atoms with E-state index in [-0.39, 0.29) is 11.9 Å². The molecule has 152 valence electrons. The molecule has 0 aliphatic rings. The second kappa shape index (κ2) is 18.4. The van der Waals surface area contributed by atoms with E-state index >= 15 is 0 Å². The van der Waals surface area contributed by atoms with Crippen molar-refractivity contribution in [2.45, 2.75) is 116 Å². The van der Waals surface area contributed by atoms with Crippen LogP contribution in [-0.4, -0.2) is 29.3 Å². The number of rotatable bonds is 19. The van der Waals surface area contributed by atoms with Gasteiger partial charge in [-0.2, -0.15) is 0 Å². The standard InChI is InChI=1S/C21H39NO4/c1-19(15-14-18-23)22-20(24)16-12-10-8-6-4-2-3-5-7-9-11-13-17-21(25)26/h18-19H,2-17H2,1H3,(H,22,24)(H,25,26)/t19-/m0/s1. The van der Waals surface area contributed by atoms with Gasteiger partial charge in [0, 0.05) is 25.3 Å². The summed E-state index contributed by atoms with van der Waals surface area (Å²) in [6.07, 6.45) is 16.8. The van der Waals surface area contributed by atoms with E-state index in [1.807, 2.05) is 6.92 Å². The van der Waals surface area contributed by atoms with Crippen molar-refractivity contribution in [2.75, 3.05) is 0 Å². The molecule has 0 aromatic rings. The van der Waals surface area contributed by atoms with Crippen molar-refractivity contribution in [3.63, 3.8) is 0 Å². The molecule has 2 N–H and O–H groups in total. The number of aldehydes is 1. The molecule has 0 bridgehead atoms. The minimum Gasteiger partial charge on any atom is -0.481 e. The molecule has 0 radical (unpaired) electrons. The lowest BCUT2D eigenvalue weighted by molar-refractivity contribution is -0.137. The van der Waals surface area contributed by atoms with Gasteiger partial charge >= 0.3 is 5.97 Å². The van der Waals surface area contributed by atoms with Gasteiger partial charge in [0.1, 0.15) is 6.29 Å². The number of amides is 1. The van der Waals surface area contributed by atoms with Crippen molar-refractivity contribution in [1.29, 1.82) is 0 Å². The number of hydrogen-bond acceptors (Lipinski definition) is 3. The zero-order chi connectivity index (χ0) is 19.5. The highest BCUT2D eigenvalue weighted by Crippen LogP contribution is 2.13. The Hall–Kier alpha value is -1.39. The Balaban J connectivity index is 3.22. The van der Waals surface area contributed by atoms with Crippen LogP contribution in [-0.2, 0) is 14.4 Å². The van der Waals surface area contributed by atoms with Gasteiger partial charge in [0.15, 0.2) is 0 Å². The molecule has 0 aliphatic carbocycles. The summed E-state index contributed by atoms with van der Waals surface area (Å²) in [4.78, 5) is 32.4. The van der Waals surface area contributed by atoms with Crippen LogP contribution in [0.15, 0.2) is 0 Å². The van der Waals surface area contributed by atoms with E-state index in [0.717, 1.165) is 44.8 Å². The fourth-order valence-electron chi connectivity index (χ4n) is 3.07. The van der Waals surface area contributed by atoms with Crippen LogP contribution >= 0.6 is 0 Å². The Morgan fingerprint density at radius 3 is 1.65 bits per heavy atom. The smallest absolute Gasteiger partial charge is 0.303 e. The Bertz CT molecular complexity index is 371. The third kappa shape index (κ3) is 18.9. The number of carboxylic acids is 1. The topological polar surface area (TPSA) is 83.5 Å². The van der Waals surface area contributed by atoms with Crippen molar-refractivity contribution in [2.24, 2.45) is 0 Å². The summed E-state index contributed by atoms with van der Waals surface area (Å²) in [6.45, 7) is 1.94. The minimum atomic E-state index is -0.685. The van der Waals surface area contributed by atoms with Crippen LogP contribution in [0.1, 0.15) is 110 Å². The van der Waals surface area contributed by atoms with Gasteiger partial charge in [-0.1, -0.05) is 64.2 Å². The molecule has 0 saturated heterocycles. The lowest BCUT2D eigenvalue weighted by Crippen LogP contribution is -2.32. The van der Waals surface area contributed by atoms with Crippen LogP contribution in [0.25, 0.3) is 0 Å². The maximum absolute atomic E-state index is 11.7. The van der Waals surface area contributed by atoms with Gasteiger partial charge in [-0.3, -0.25) is 9.59 Å². The molecule has 5 nitrogen and oxygen atoms in total. The number of hydrogen-bond donors (Lipinski definition) is 2. The summed E-state index contributed by atoms with van der Waals surface area (Å²) >= 11 is 0. The average molecular weight is 370 g/mol. The van der Waals surface area contributed by atoms with Crippen LogP contribution in [0.3, 0.4) is 0 Å². The van der Waals surface area contributed by atoms with Crippen LogP contribution in [0, 0.1) is 0 Å². The fourth-order valence-corrected chi connectivity index (χ4v) is 3.07. The maximum atomic E-state index is 11.7. The molecule has 1 atom stereocenters. The van der Waals surface area contributed by atoms with Crippen molar-refractivity contribution < 1.29 is 19.5 Å². The zero-order valence-electron chi connectivity index (χ0n) is 16.6. The van der Waals surface area contributed by atoms with Gasteiger partial charge in [-0.15, -0.1) is 0 Å². The predicted octanol–water partition coefficient (Wildman–Crippen LogP) is 5.02. The van der Waals surface area contributed by atoms with E-state index in [1.165, 1.54) is 44.9 Å². The highest BCUT2D eigenvalue weighted by molar-refractivity contribution is 5.76. The highest BCUT2D eigenvalue weighted by Gasteiger charge is 2.06. The summed E-state index contributed by atoms with van der Waals surface area (Å²) in [7, 11) is 0. The van der Waals surface area contributed by atoms with Crippen LogP contribution in [0.5, 0.6) is 0 Å². The summed E-state index contributed by atoms with van der Waals surface area (Å²) in [5.41, 5.74) is 0. The van der Waals surface area contributed by atoms with Crippen molar-refractivity contribution in [1.82, 2.24) is 5.32 Å². The summed E-state index contributed by atoms with van der Waals surface area (Å²) < 4.78 is 0. The highest BCUT2D eigenvalue weighted by atomic mass is 16.4. The number of aliphatic carboxylic acids is 1. The first-order valence-corrected chi connectivity index (χ1v) is 10.5. The molecule has 0 rings (SSSR count). The minimum absolute atomic E-state index is 0.0878. The fraction of sp³-hybridized carbons (Fsp3) is 0.857. The molecule has 5 heteroatoms. The molecule has 0 heterocycles. The Labute approximate surface area is 159 Å². The molecule has 1 amide bonds. The van der Waals surface area contributed by atoms with Gasteiger partial charge < -0.3 is 15.2 Å². The number of unbranched alkanes of at least 4 members (excludes halogenated alkanes) is 11. The van der Waals surface area contributed by atoms with Gasteiger partial charge in [-0.05, 0) is 26.2 Å². The molecule has 0 saturated carbocycles. The largest absolute Gasteiger partial charge is 0.481 e. The molecule has 0 fully saturated rings. The van der Waals surface area contributed by atoms with Crippen LogP contribution in [0.4, 0.5) is 0 Å². The quantitative estimate of drug-likeness (QED) is 0.247. The normalized spacial score (nSPS) is 11.9. The van der Waals surface area contributed by atoms with E-state index < -0.39 is 5.97 Å². The lowest BCUT2D eigenvalue weighted by atomic mass is 10.0.